The van der Waals surface area contributed by atoms with Gasteiger partial charge in [-0.05, 0) is 12.8 Å². The average Bonchev–Trinajstić information content (AvgIpc) is 2.90. The molecule has 1 aromatic rings. The Morgan fingerprint density at radius 3 is 2.78 bits per heavy atom. The van der Waals surface area contributed by atoms with Crippen molar-refractivity contribution in [2.45, 2.75) is 19.4 Å². The first-order valence-electron chi connectivity index (χ1n) is 6.32. The predicted molar refractivity (Wildman–Crippen MR) is 74.6 cm³/mol. The molecule has 0 N–H and O–H groups in total. The van der Waals surface area contributed by atoms with Crippen molar-refractivity contribution in [2.75, 3.05) is 37.0 Å². The van der Waals surface area contributed by atoms with Gasteiger partial charge in [0, 0.05) is 24.9 Å². The predicted octanol–water partition coefficient (Wildman–Crippen LogP) is 0.790. The van der Waals surface area contributed by atoms with Gasteiger partial charge in [0.05, 0.1) is 31.6 Å². The third-order valence-electron chi connectivity index (χ3n) is 3.01. The van der Waals surface area contributed by atoms with Gasteiger partial charge < -0.3 is 9.64 Å². The van der Waals surface area contributed by atoms with Gasteiger partial charge in [0.1, 0.15) is 0 Å². The highest BCUT2D eigenvalue weighted by Gasteiger charge is 2.13. The molecule has 2 rings (SSSR count). The highest BCUT2D eigenvalue weighted by atomic mass is 32.1. The van der Waals surface area contributed by atoms with Crippen molar-refractivity contribution >= 4 is 18.3 Å². The molecular weight excluding hydrogens is 250 g/mol. The number of rotatable bonds is 6. The van der Waals surface area contributed by atoms with Crippen LogP contribution < -0.4 is 10.5 Å². The molecule has 0 radical (unpaired) electrons. The van der Waals surface area contributed by atoms with Crippen molar-refractivity contribution in [2.24, 2.45) is 0 Å². The summed E-state index contributed by atoms with van der Waals surface area (Å²) in [6, 6.07) is 1.66. The van der Waals surface area contributed by atoms with E-state index >= 15 is 0 Å². The van der Waals surface area contributed by atoms with Gasteiger partial charge in [-0.15, -0.1) is 0 Å². The van der Waals surface area contributed by atoms with E-state index in [2.05, 4.69) is 22.6 Å². The maximum atomic E-state index is 11.9. The third-order valence-corrected chi connectivity index (χ3v) is 3.19. The Morgan fingerprint density at radius 2 is 2.11 bits per heavy atom. The summed E-state index contributed by atoms with van der Waals surface area (Å²) in [5.41, 5.74) is 0.874. The van der Waals surface area contributed by atoms with Gasteiger partial charge in [0.2, 0.25) is 0 Å². The van der Waals surface area contributed by atoms with Crippen LogP contribution >= 0.6 is 12.6 Å². The molecule has 0 saturated carbocycles. The van der Waals surface area contributed by atoms with E-state index in [4.69, 9.17) is 4.74 Å². The molecule has 1 saturated heterocycles. The SMILES string of the molecule is O=c1cc(N2CCCC2)cnn1CCOCCS. The number of aromatic nitrogens is 2. The van der Waals surface area contributed by atoms with Gasteiger partial charge in [-0.3, -0.25) is 4.79 Å². The standard InChI is InChI=1S/C12H19N3O2S/c16-12-9-11(14-3-1-2-4-14)10-13-15(12)5-6-17-7-8-18/h9-10,18H,1-8H2. The Kier molecular flexibility index (Phi) is 5.07. The summed E-state index contributed by atoms with van der Waals surface area (Å²) in [6.07, 6.45) is 4.16. The van der Waals surface area contributed by atoms with E-state index in [9.17, 15) is 4.79 Å². The number of nitrogens with zero attached hydrogens (tertiary/aromatic N) is 3. The third kappa shape index (κ3) is 3.49. The van der Waals surface area contributed by atoms with E-state index in [-0.39, 0.29) is 5.56 Å². The molecule has 6 heteroatoms. The summed E-state index contributed by atoms with van der Waals surface area (Å²) < 4.78 is 6.73. The molecule has 1 aliphatic heterocycles. The minimum atomic E-state index is -0.0612. The quantitative estimate of drug-likeness (QED) is 0.613. The molecule has 5 nitrogen and oxygen atoms in total. The molecule has 1 aromatic heterocycles. The lowest BCUT2D eigenvalue weighted by atomic mass is 10.4. The topological polar surface area (TPSA) is 47.4 Å². The summed E-state index contributed by atoms with van der Waals surface area (Å²) in [5, 5.41) is 4.18. The molecular formula is C12H19N3O2S. The summed E-state index contributed by atoms with van der Waals surface area (Å²) in [6.45, 7) is 3.64. The zero-order chi connectivity index (χ0) is 12.8. The van der Waals surface area contributed by atoms with Crippen molar-refractivity contribution < 1.29 is 4.74 Å². The number of thiol groups is 1. The minimum absolute atomic E-state index is 0.0612. The van der Waals surface area contributed by atoms with Gasteiger partial charge in [-0.2, -0.15) is 17.7 Å². The summed E-state index contributed by atoms with van der Waals surface area (Å²) in [5.74, 6) is 0.691. The molecule has 0 spiro atoms. The molecule has 0 amide bonds. The summed E-state index contributed by atoms with van der Waals surface area (Å²) in [7, 11) is 0. The Balaban J connectivity index is 1.94. The molecule has 1 aliphatic rings. The average molecular weight is 269 g/mol. The van der Waals surface area contributed by atoms with Crippen molar-refractivity contribution in [3.63, 3.8) is 0 Å². The second-order valence-corrected chi connectivity index (χ2v) is 4.75. The second kappa shape index (κ2) is 6.80. The van der Waals surface area contributed by atoms with Gasteiger partial charge in [0.25, 0.3) is 5.56 Å². The first kappa shape index (κ1) is 13.4. The molecule has 0 aromatic carbocycles. The Bertz CT molecular complexity index is 430. The largest absolute Gasteiger partial charge is 0.379 e. The number of hydrogen-bond donors (Lipinski definition) is 1. The normalized spacial score (nSPS) is 15.3. The van der Waals surface area contributed by atoms with Crippen LogP contribution in [0.2, 0.25) is 0 Å². The molecule has 2 heterocycles. The van der Waals surface area contributed by atoms with Gasteiger partial charge in [-0.1, -0.05) is 0 Å². The van der Waals surface area contributed by atoms with E-state index in [1.165, 1.54) is 17.5 Å². The van der Waals surface area contributed by atoms with Crippen LogP contribution in [0, 0.1) is 0 Å². The highest BCUT2D eigenvalue weighted by molar-refractivity contribution is 7.80. The molecule has 0 bridgehead atoms. The zero-order valence-electron chi connectivity index (χ0n) is 10.4. The van der Waals surface area contributed by atoms with Crippen LogP contribution in [0.3, 0.4) is 0 Å². The van der Waals surface area contributed by atoms with Crippen molar-refractivity contribution in [1.29, 1.82) is 0 Å². The van der Waals surface area contributed by atoms with Crippen LogP contribution in [-0.2, 0) is 11.3 Å². The van der Waals surface area contributed by atoms with Crippen LogP contribution in [0.5, 0.6) is 0 Å². The fraction of sp³-hybridized carbons (Fsp3) is 0.667. The summed E-state index contributed by atoms with van der Waals surface area (Å²) >= 11 is 4.05. The van der Waals surface area contributed by atoms with Gasteiger partial charge in [-0.25, -0.2) is 4.68 Å². The Hall–Kier alpha value is -1.01. The van der Waals surface area contributed by atoms with E-state index in [0.717, 1.165) is 18.8 Å². The van der Waals surface area contributed by atoms with Crippen LogP contribution in [0.15, 0.2) is 17.1 Å². The number of hydrogen-bond acceptors (Lipinski definition) is 5. The van der Waals surface area contributed by atoms with Crippen LogP contribution in [0.4, 0.5) is 5.69 Å². The zero-order valence-corrected chi connectivity index (χ0v) is 11.3. The molecule has 0 unspecified atom stereocenters. The Labute approximate surface area is 112 Å². The fourth-order valence-electron chi connectivity index (χ4n) is 2.06. The van der Waals surface area contributed by atoms with E-state index in [1.807, 2.05) is 0 Å². The maximum absolute atomic E-state index is 11.9. The van der Waals surface area contributed by atoms with Crippen molar-refractivity contribution in [3.8, 4) is 0 Å². The molecule has 100 valence electrons. The lowest BCUT2D eigenvalue weighted by Gasteiger charge is -2.17. The molecule has 18 heavy (non-hydrogen) atoms. The molecule has 0 aliphatic carbocycles. The summed E-state index contributed by atoms with van der Waals surface area (Å²) in [4.78, 5) is 14.1. The molecule has 1 fully saturated rings. The van der Waals surface area contributed by atoms with E-state index in [1.54, 1.807) is 12.3 Å². The molecule has 0 atom stereocenters. The number of anilines is 1. The Morgan fingerprint density at radius 1 is 1.33 bits per heavy atom. The van der Waals surface area contributed by atoms with Crippen LogP contribution in [-0.4, -0.2) is 41.8 Å². The first-order chi connectivity index (χ1) is 8.81. The fourth-order valence-corrected chi connectivity index (χ4v) is 2.19. The maximum Gasteiger partial charge on any atom is 0.268 e. The van der Waals surface area contributed by atoms with Crippen molar-refractivity contribution in [1.82, 2.24) is 9.78 Å². The van der Waals surface area contributed by atoms with Crippen LogP contribution in [0.25, 0.3) is 0 Å². The van der Waals surface area contributed by atoms with Crippen LogP contribution in [0.1, 0.15) is 12.8 Å². The van der Waals surface area contributed by atoms with Crippen molar-refractivity contribution in [3.05, 3.63) is 22.6 Å². The van der Waals surface area contributed by atoms with Gasteiger partial charge in [0.15, 0.2) is 0 Å². The monoisotopic (exact) mass is 269 g/mol. The lowest BCUT2D eigenvalue weighted by Crippen LogP contribution is -2.27. The van der Waals surface area contributed by atoms with E-state index < -0.39 is 0 Å². The van der Waals surface area contributed by atoms with Gasteiger partial charge >= 0.3 is 0 Å². The smallest absolute Gasteiger partial charge is 0.268 e. The van der Waals surface area contributed by atoms with E-state index in [0.29, 0.717) is 25.5 Å². The second-order valence-electron chi connectivity index (χ2n) is 4.31. The lowest BCUT2D eigenvalue weighted by molar-refractivity contribution is 0.137. The minimum Gasteiger partial charge on any atom is -0.379 e. The highest BCUT2D eigenvalue weighted by Crippen LogP contribution is 2.16. The number of ether oxygens (including phenoxy) is 1. The first-order valence-corrected chi connectivity index (χ1v) is 6.95.